The van der Waals surface area contributed by atoms with Crippen LogP contribution in [0.15, 0.2) is 36.6 Å². The van der Waals surface area contributed by atoms with Crippen LogP contribution < -0.4 is 5.32 Å². The van der Waals surface area contributed by atoms with E-state index < -0.39 is 0 Å². The Bertz CT molecular complexity index is 468. The van der Waals surface area contributed by atoms with Crippen molar-refractivity contribution in [2.24, 2.45) is 0 Å². The number of rotatable bonds is 1. The van der Waals surface area contributed by atoms with Crippen LogP contribution in [-0.2, 0) is 9.47 Å². The van der Waals surface area contributed by atoms with Gasteiger partial charge in [0.1, 0.15) is 0 Å². The first kappa shape index (κ1) is 14.4. The first-order valence-electron chi connectivity index (χ1n) is 7.56. The Kier molecular flexibility index (Phi) is 4.12. The van der Waals surface area contributed by atoms with Crippen molar-refractivity contribution < 1.29 is 14.3 Å². The van der Waals surface area contributed by atoms with Crippen LogP contribution in [0.4, 0.5) is 4.79 Å². The number of amides is 2. The van der Waals surface area contributed by atoms with Gasteiger partial charge in [0.25, 0.3) is 0 Å². The van der Waals surface area contributed by atoms with Gasteiger partial charge >= 0.3 is 6.03 Å². The van der Waals surface area contributed by atoms with Crippen LogP contribution in [0.3, 0.4) is 0 Å². The third kappa shape index (κ3) is 3.19. The Labute approximate surface area is 125 Å². The Hall–Kier alpha value is -1.59. The number of carbonyl (C=O) groups is 1. The number of allylic oxidation sites excluding steroid dienone is 3. The van der Waals surface area contributed by atoms with Crippen LogP contribution in [-0.4, -0.2) is 42.5 Å². The van der Waals surface area contributed by atoms with Gasteiger partial charge in [-0.2, -0.15) is 0 Å². The molecule has 0 atom stereocenters. The van der Waals surface area contributed by atoms with Gasteiger partial charge in [-0.15, -0.1) is 0 Å². The maximum atomic E-state index is 12.4. The lowest BCUT2D eigenvalue weighted by molar-refractivity contribution is -0.182. The molecule has 5 heteroatoms. The van der Waals surface area contributed by atoms with E-state index in [9.17, 15) is 4.79 Å². The molecule has 5 nitrogen and oxygen atoms in total. The highest BCUT2D eigenvalue weighted by Crippen LogP contribution is 2.37. The molecule has 0 aromatic heterocycles. The minimum absolute atomic E-state index is 0.0783. The summed E-state index contributed by atoms with van der Waals surface area (Å²) in [5, 5.41) is 2.83. The zero-order valence-electron chi connectivity index (χ0n) is 12.2. The Morgan fingerprint density at radius 3 is 2.67 bits per heavy atom. The minimum atomic E-state index is -0.381. The Balaban J connectivity index is 1.65. The fraction of sp³-hybridized carbons (Fsp3) is 0.562. The Morgan fingerprint density at radius 2 is 1.95 bits per heavy atom. The normalized spacial score (nSPS) is 29.6. The van der Waals surface area contributed by atoms with E-state index in [1.54, 1.807) is 6.08 Å². The quantitative estimate of drug-likeness (QED) is 0.806. The summed E-state index contributed by atoms with van der Waals surface area (Å²) < 4.78 is 11.5. The molecule has 1 spiro atoms. The highest BCUT2D eigenvalue weighted by atomic mass is 16.7. The SMILES string of the molecule is C=C1/C=C\C=C/CN(C2CCC3(CC2)OCCO3)C(=O)N1. The van der Waals surface area contributed by atoms with Crippen molar-refractivity contribution in [3.63, 3.8) is 0 Å². The molecule has 2 aliphatic heterocycles. The fourth-order valence-corrected chi connectivity index (χ4v) is 3.21. The number of nitrogens with one attached hydrogen (secondary N) is 1. The zero-order chi connectivity index (χ0) is 14.7. The summed E-state index contributed by atoms with van der Waals surface area (Å²) in [6.45, 7) is 5.81. The van der Waals surface area contributed by atoms with Gasteiger partial charge in [0.2, 0.25) is 0 Å². The van der Waals surface area contributed by atoms with Crippen molar-refractivity contribution in [1.29, 1.82) is 0 Å². The molecule has 2 amide bonds. The highest BCUT2D eigenvalue weighted by Gasteiger charge is 2.42. The second-order valence-electron chi connectivity index (χ2n) is 5.73. The lowest BCUT2D eigenvalue weighted by Crippen LogP contribution is -2.49. The number of urea groups is 1. The molecule has 2 heterocycles. The van der Waals surface area contributed by atoms with Gasteiger partial charge in [0.05, 0.1) is 13.2 Å². The average molecular weight is 290 g/mol. The number of nitrogens with zero attached hydrogens (tertiary/aromatic N) is 1. The number of carbonyl (C=O) groups excluding carboxylic acids is 1. The number of hydrogen-bond acceptors (Lipinski definition) is 3. The third-order valence-electron chi connectivity index (χ3n) is 4.35. The molecule has 1 saturated carbocycles. The van der Waals surface area contributed by atoms with E-state index >= 15 is 0 Å². The predicted molar refractivity (Wildman–Crippen MR) is 79.5 cm³/mol. The molecule has 1 aliphatic carbocycles. The number of hydrogen-bond donors (Lipinski definition) is 1. The first-order chi connectivity index (χ1) is 10.2. The molecule has 2 fully saturated rings. The summed E-state index contributed by atoms with van der Waals surface area (Å²) >= 11 is 0. The first-order valence-corrected chi connectivity index (χ1v) is 7.56. The molecule has 0 unspecified atom stereocenters. The van der Waals surface area contributed by atoms with Crippen LogP contribution in [0.2, 0.25) is 0 Å². The second kappa shape index (κ2) is 6.03. The topological polar surface area (TPSA) is 50.8 Å². The van der Waals surface area contributed by atoms with Crippen molar-refractivity contribution >= 4 is 6.03 Å². The van der Waals surface area contributed by atoms with Crippen LogP contribution >= 0.6 is 0 Å². The molecule has 114 valence electrons. The van der Waals surface area contributed by atoms with Gasteiger partial charge < -0.3 is 19.7 Å². The largest absolute Gasteiger partial charge is 0.348 e. The molecule has 0 radical (unpaired) electrons. The molecular weight excluding hydrogens is 268 g/mol. The predicted octanol–water partition coefficient (Wildman–Crippen LogP) is 2.32. The van der Waals surface area contributed by atoms with Crippen molar-refractivity contribution in [3.05, 3.63) is 36.6 Å². The summed E-state index contributed by atoms with van der Waals surface area (Å²) in [6, 6.07) is 0.143. The molecule has 0 bridgehead atoms. The Morgan fingerprint density at radius 1 is 1.24 bits per heavy atom. The van der Waals surface area contributed by atoms with Crippen molar-refractivity contribution in [2.75, 3.05) is 19.8 Å². The molecule has 1 saturated heterocycles. The van der Waals surface area contributed by atoms with E-state index in [0.717, 1.165) is 25.7 Å². The zero-order valence-corrected chi connectivity index (χ0v) is 12.2. The third-order valence-corrected chi connectivity index (χ3v) is 4.35. The van der Waals surface area contributed by atoms with Gasteiger partial charge in [0, 0.05) is 31.1 Å². The van der Waals surface area contributed by atoms with Crippen molar-refractivity contribution in [2.45, 2.75) is 37.5 Å². The van der Waals surface area contributed by atoms with Crippen LogP contribution in [0.25, 0.3) is 0 Å². The summed E-state index contributed by atoms with van der Waals surface area (Å²) in [4.78, 5) is 14.3. The molecule has 0 aromatic carbocycles. The molecule has 1 N–H and O–H groups in total. The average Bonchev–Trinajstić information content (AvgIpc) is 2.94. The summed E-state index contributed by atoms with van der Waals surface area (Å²) in [7, 11) is 0. The lowest BCUT2D eigenvalue weighted by atomic mass is 9.89. The fourth-order valence-electron chi connectivity index (χ4n) is 3.21. The lowest BCUT2D eigenvalue weighted by Gasteiger charge is -2.40. The molecule has 3 rings (SSSR count). The van der Waals surface area contributed by atoms with E-state index in [1.165, 1.54) is 0 Å². The molecule has 3 aliphatic rings. The van der Waals surface area contributed by atoms with E-state index in [0.29, 0.717) is 25.5 Å². The van der Waals surface area contributed by atoms with Crippen LogP contribution in [0.5, 0.6) is 0 Å². The molecule has 21 heavy (non-hydrogen) atoms. The summed E-state index contributed by atoms with van der Waals surface area (Å²) in [6.07, 6.45) is 11.2. The maximum Gasteiger partial charge on any atom is 0.322 e. The number of ether oxygens (including phenoxy) is 2. The van der Waals surface area contributed by atoms with E-state index in [2.05, 4.69) is 11.9 Å². The van der Waals surface area contributed by atoms with Crippen molar-refractivity contribution in [3.8, 4) is 0 Å². The van der Waals surface area contributed by atoms with E-state index in [1.807, 2.05) is 23.1 Å². The molecule has 0 aromatic rings. The summed E-state index contributed by atoms with van der Waals surface area (Å²) in [5.74, 6) is -0.381. The second-order valence-corrected chi connectivity index (χ2v) is 5.73. The standard InChI is InChI=1S/C16H22N2O3/c1-13-5-3-2-4-10-18(15(19)17-13)14-6-8-16(9-7-14)20-11-12-21-16/h2-5,14H,1,6-12H2,(H,17,19)/b4-2-,5-3-. The molecular formula is C16H22N2O3. The van der Waals surface area contributed by atoms with Crippen LogP contribution in [0.1, 0.15) is 25.7 Å². The smallest absolute Gasteiger partial charge is 0.322 e. The highest BCUT2D eigenvalue weighted by molar-refractivity contribution is 5.77. The van der Waals surface area contributed by atoms with Gasteiger partial charge in [0.15, 0.2) is 5.79 Å². The van der Waals surface area contributed by atoms with Crippen LogP contribution in [0, 0.1) is 0 Å². The van der Waals surface area contributed by atoms with Crippen molar-refractivity contribution in [1.82, 2.24) is 10.2 Å². The monoisotopic (exact) mass is 290 g/mol. The van der Waals surface area contributed by atoms with Gasteiger partial charge in [-0.3, -0.25) is 0 Å². The van der Waals surface area contributed by atoms with E-state index in [4.69, 9.17) is 9.47 Å². The summed E-state index contributed by atoms with van der Waals surface area (Å²) in [5.41, 5.74) is 0.617. The van der Waals surface area contributed by atoms with Gasteiger partial charge in [-0.25, -0.2) is 4.79 Å². The van der Waals surface area contributed by atoms with E-state index in [-0.39, 0.29) is 17.9 Å². The minimum Gasteiger partial charge on any atom is -0.348 e. The van der Waals surface area contributed by atoms with Gasteiger partial charge in [-0.1, -0.05) is 24.8 Å². The van der Waals surface area contributed by atoms with Gasteiger partial charge in [-0.05, 0) is 18.9 Å². The maximum absolute atomic E-state index is 12.4.